The summed E-state index contributed by atoms with van der Waals surface area (Å²) in [7, 11) is 3.13. The Bertz CT molecular complexity index is 1210. The minimum Gasteiger partial charge on any atom is -0.493 e. The number of benzene rings is 2. The largest absolute Gasteiger partial charge is 0.493 e. The Morgan fingerprint density at radius 2 is 1.78 bits per heavy atom. The van der Waals surface area contributed by atoms with E-state index in [-0.39, 0.29) is 31.4 Å². The van der Waals surface area contributed by atoms with Crippen LogP contribution in [0.3, 0.4) is 0 Å². The maximum atomic E-state index is 13.1. The zero-order valence-electron chi connectivity index (χ0n) is 21.2. The standard InChI is InChI=1S/C27H30Cl2N2O6/c1-5-37-27(34)26-16(2)31(25(33)14-19(26)18-7-8-20(28)21(29)13-18)15-24(32)30-11-10-17-6-9-22(35-3)23(12-17)36-4/h6-9,12-13,19H,5,10-11,14-15H2,1-4H3,(H,30,32). The molecule has 0 fully saturated rings. The number of halogens is 2. The van der Waals surface area contributed by atoms with Gasteiger partial charge in [0.05, 0.1) is 36.4 Å². The quantitative estimate of drug-likeness (QED) is 0.438. The van der Waals surface area contributed by atoms with Crippen LogP contribution < -0.4 is 14.8 Å². The molecule has 1 aliphatic heterocycles. The summed E-state index contributed by atoms with van der Waals surface area (Å²) in [5.41, 5.74) is 2.32. The highest BCUT2D eigenvalue weighted by Gasteiger charge is 2.37. The minimum absolute atomic E-state index is 0.0115. The third-order valence-corrected chi connectivity index (χ3v) is 6.89. The van der Waals surface area contributed by atoms with E-state index in [0.717, 1.165) is 5.56 Å². The number of ether oxygens (including phenoxy) is 3. The van der Waals surface area contributed by atoms with E-state index >= 15 is 0 Å². The van der Waals surface area contributed by atoms with Crippen LogP contribution in [0.1, 0.15) is 37.3 Å². The maximum Gasteiger partial charge on any atom is 0.336 e. The number of hydrogen-bond donors (Lipinski definition) is 1. The summed E-state index contributed by atoms with van der Waals surface area (Å²) in [5.74, 6) is -0.499. The Morgan fingerprint density at radius 3 is 2.43 bits per heavy atom. The van der Waals surface area contributed by atoms with Crippen LogP contribution in [0.4, 0.5) is 0 Å². The van der Waals surface area contributed by atoms with Gasteiger partial charge in [-0.05, 0) is 55.7 Å². The van der Waals surface area contributed by atoms with Crippen molar-refractivity contribution in [3.05, 3.63) is 68.8 Å². The third-order valence-electron chi connectivity index (χ3n) is 6.15. The third kappa shape index (κ3) is 6.76. The molecule has 3 rings (SSSR count). The molecule has 1 atom stereocenters. The molecule has 1 aliphatic rings. The van der Waals surface area contributed by atoms with Crippen LogP contribution in [0.2, 0.25) is 10.0 Å². The second-order valence-electron chi connectivity index (χ2n) is 8.42. The number of esters is 1. The van der Waals surface area contributed by atoms with Crippen LogP contribution in [0, 0.1) is 0 Å². The Balaban J connectivity index is 1.74. The lowest BCUT2D eigenvalue weighted by atomic mass is 9.83. The van der Waals surface area contributed by atoms with Crippen LogP contribution in [0.15, 0.2) is 47.7 Å². The van der Waals surface area contributed by atoms with E-state index in [4.69, 9.17) is 37.4 Å². The number of amides is 2. The summed E-state index contributed by atoms with van der Waals surface area (Å²) >= 11 is 12.2. The molecule has 0 saturated carbocycles. The summed E-state index contributed by atoms with van der Waals surface area (Å²) < 4.78 is 15.8. The van der Waals surface area contributed by atoms with Gasteiger partial charge in [0.25, 0.3) is 0 Å². The van der Waals surface area contributed by atoms with Crippen molar-refractivity contribution >= 4 is 41.0 Å². The molecule has 2 amide bonds. The predicted molar refractivity (Wildman–Crippen MR) is 141 cm³/mol. The number of carbonyl (C=O) groups is 3. The highest BCUT2D eigenvalue weighted by atomic mass is 35.5. The molecule has 1 N–H and O–H groups in total. The van der Waals surface area contributed by atoms with Crippen LogP contribution in [0.25, 0.3) is 0 Å². The zero-order valence-corrected chi connectivity index (χ0v) is 22.7. The van der Waals surface area contributed by atoms with Crippen molar-refractivity contribution in [2.45, 2.75) is 32.6 Å². The number of hydrogen-bond acceptors (Lipinski definition) is 6. The monoisotopic (exact) mass is 548 g/mol. The zero-order chi connectivity index (χ0) is 27.1. The molecule has 2 aromatic carbocycles. The number of allylic oxidation sites excluding steroid dienone is 1. The first kappa shape index (κ1) is 28.3. The van der Waals surface area contributed by atoms with Gasteiger partial charge in [0.1, 0.15) is 6.54 Å². The summed E-state index contributed by atoms with van der Waals surface area (Å²) in [6.45, 7) is 3.67. The molecule has 1 heterocycles. The van der Waals surface area contributed by atoms with Crippen molar-refractivity contribution in [2.24, 2.45) is 0 Å². The number of rotatable bonds is 10. The Hall–Kier alpha value is -3.23. The maximum absolute atomic E-state index is 13.1. The molecule has 2 aromatic rings. The molecule has 0 bridgehead atoms. The first-order chi connectivity index (χ1) is 17.7. The number of methoxy groups -OCH3 is 2. The lowest BCUT2D eigenvalue weighted by Crippen LogP contribution is -2.44. The second kappa shape index (κ2) is 12.8. The lowest BCUT2D eigenvalue weighted by Gasteiger charge is -2.34. The molecule has 198 valence electrons. The number of nitrogens with one attached hydrogen (secondary N) is 1. The Kier molecular flexibility index (Phi) is 9.83. The van der Waals surface area contributed by atoms with E-state index in [1.165, 1.54) is 4.90 Å². The fraction of sp³-hybridized carbons (Fsp3) is 0.370. The molecule has 0 saturated heterocycles. The highest BCUT2D eigenvalue weighted by Crippen LogP contribution is 2.39. The van der Waals surface area contributed by atoms with Crippen molar-refractivity contribution in [2.75, 3.05) is 33.9 Å². The number of carbonyl (C=O) groups excluding carboxylic acids is 3. The van der Waals surface area contributed by atoms with E-state index in [1.807, 2.05) is 12.1 Å². The van der Waals surface area contributed by atoms with Crippen LogP contribution in [-0.2, 0) is 25.5 Å². The van der Waals surface area contributed by atoms with Crippen LogP contribution >= 0.6 is 23.2 Å². The summed E-state index contributed by atoms with van der Waals surface area (Å²) in [6, 6.07) is 10.5. The average Bonchev–Trinajstić information content (AvgIpc) is 2.87. The van der Waals surface area contributed by atoms with E-state index < -0.39 is 11.9 Å². The second-order valence-corrected chi connectivity index (χ2v) is 9.23. The molecule has 0 aliphatic carbocycles. The van der Waals surface area contributed by atoms with Crippen molar-refractivity contribution < 1.29 is 28.6 Å². The van der Waals surface area contributed by atoms with Gasteiger partial charge in [0, 0.05) is 24.6 Å². The first-order valence-corrected chi connectivity index (χ1v) is 12.6. The predicted octanol–water partition coefficient (Wildman–Crippen LogP) is 4.52. The molecule has 1 unspecified atom stereocenters. The van der Waals surface area contributed by atoms with Crippen molar-refractivity contribution in [1.29, 1.82) is 0 Å². The Morgan fingerprint density at radius 1 is 1.05 bits per heavy atom. The molecule has 10 heteroatoms. The van der Waals surface area contributed by atoms with Gasteiger partial charge < -0.3 is 24.4 Å². The van der Waals surface area contributed by atoms with E-state index in [9.17, 15) is 14.4 Å². The smallest absolute Gasteiger partial charge is 0.336 e. The summed E-state index contributed by atoms with van der Waals surface area (Å²) in [6.07, 6.45) is 0.546. The van der Waals surface area contributed by atoms with Crippen molar-refractivity contribution in [1.82, 2.24) is 10.2 Å². The fourth-order valence-corrected chi connectivity index (χ4v) is 4.58. The Labute approximate surface area is 226 Å². The molecule has 37 heavy (non-hydrogen) atoms. The van der Waals surface area contributed by atoms with Crippen molar-refractivity contribution in [3.8, 4) is 11.5 Å². The van der Waals surface area contributed by atoms with Gasteiger partial charge in [-0.1, -0.05) is 35.3 Å². The van der Waals surface area contributed by atoms with Crippen LogP contribution in [-0.4, -0.2) is 56.6 Å². The highest BCUT2D eigenvalue weighted by molar-refractivity contribution is 6.42. The minimum atomic E-state index is -0.564. The SMILES string of the molecule is CCOC(=O)C1=C(C)N(CC(=O)NCCc2ccc(OC)c(OC)c2)C(=O)CC1c1ccc(Cl)c(Cl)c1. The summed E-state index contributed by atoms with van der Waals surface area (Å²) in [5, 5.41) is 3.53. The molecular formula is C27H30Cl2N2O6. The van der Waals surface area contributed by atoms with Crippen LogP contribution in [0.5, 0.6) is 11.5 Å². The van der Waals surface area contributed by atoms with Gasteiger partial charge in [-0.25, -0.2) is 4.79 Å². The van der Waals surface area contributed by atoms with Gasteiger partial charge >= 0.3 is 5.97 Å². The van der Waals surface area contributed by atoms with E-state index in [0.29, 0.717) is 51.3 Å². The topological polar surface area (TPSA) is 94.2 Å². The van der Waals surface area contributed by atoms with Crippen molar-refractivity contribution in [3.63, 3.8) is 0 Å². The fourth-order valence-electron chi connectivity index (χ4n) is 4.27. The van der Waals surface area contributed by atoms with Gasteiger partial charge in [-0.3, -0.25) is 9.59 Å². The van der Waals surface area contributed by atoms with E-state index in [2.05, 4.69) is 5.32 Å². The lowest BCUT2D eigenvalue weighted by molar-refractivity contribution is -0.141. The van der Waals surface area contributed by atoms with Gasteiger partial charge in [-0.15, -0.1) is 0 Å². The van der Waals surface area contributed by atoms with Gasteiger partial charge in [-0.2, -0.15) is 0 Å². The first-order valence-electron chi connectivity index (χ1n) is 11.8. The van der Waals surface area contributed by atoms with Gasteiger partial charge in [0.2, 0.25) is 11.8 Å². The summed E-state index contributed by atoms with van der Waals surface area (Å²) in [4.78, 5) is 40.1. The molecule has 0 radical (unpaired) electrons. The molecule has 0 aromatic heterocycles. The number of nitrogens with zero attached hydrogens (tertiary/aromatic N) is 1. The molecule has 0 spiro atoms. The molecular weight excluding hydrogens is 519 g/mol. The average molecular weight is 549 g/mol. The van der Waals surface area contributed by atoms with E-state index in [1.54, 1.807) is 52.3 Å². The van der Waals surface area contributed by atoms with Gasteiger partial charge in [0.15, 0.2) is 11.5 Å². The normalized spacial score (nSPS) is 15.5. The molecule has 8 nitrogen and oxygen atoms in total.